The number of hydrogen-bond donors (Lipinski definition) is 0. The van der Waals surface area contributed by atoms with E-state index >= 15 is 0 Å². The quantitative estimate of drug-likeness (QED) is 0.680. The Hall–Kier alpha value is -2.02. The standard InChI is InChI=1S/C17H18O/c1-2-15-10-12-17(13-11-15)18-14-6-9-16-7-4-3-5-8-16/h2-5,7-8,10-13H,1,6,9,14H2. The maximum Gasteiger partial charge on any atom is 0.119 e. The third-order valence-corrected chi connectivity index (χ3v) is 2.84. The van der Waals surface area contributed by atoms with E-state index in [1.165, 1.54) is 5.56 Å². The lowest BCUT2D eigenvalue weighted by Crippen LogP contribution is -1.99. The Morgan fingerprint density at radius 2 is 1.67 bits per heavy atom. The first-order chi connectivity index (χ1) is 8.88. The first kappa shape index (κ1) is 12.4. The van der Waals surface area contributed by atoms with Crippen LogP contribution < -0.4 is 4.74 Å². The maximum absolute atomic E-state index is 5.69. The molecule has 0 aliphatic carbocycles. The normalized spacial score (nSPS) is 10.0. The van der Waals surface area contributed by atoms with Crippen LogP contribution in [0.15, 0.2) is 61.2 Å². The van der Waals surface area contributed by atoms with Crippen LogP contribution in [0.25, 0.3) is 6.08 Å². The first-order valence-corrected chi connectivity index (χ1v) is 6.28. The minimum absolute atomic E-state index is 0.752. The summed E-state index contributed by atoms with van der Waals surface area (Å²) in [6.07, 6.45) is 3.93. The number of hydrogen-bond acceptors (Lipinski definition) is 1. The topological polar surface area (TPSA) is 9.23 Å². The average Bonchev–Trinajstić information content (AvgIpc) is 2.45. The second kappa shape index (κ2) is 6.65. The summed E-state index contributed by atoms with van der Waals surface area (Å²) in [4.78, 5) is 0. The molecule has 0 radical (unpaired) electrons. The highest BCUT2D eigenvalue weighted by molar-refractivity contribution is 5.48. The van der Waals surface area contributed by atoms with E-state index in [-0.39, 0.29) is 0 Å². The van der Waals surface area contributed by atoms with E-state index in [0.717, 1.165) is 30.8 Å². The van der Waals surface area contributed by atoms with E-state index in [1.807, 2.05) is 36.4 Å². The van der Waals surface area contributed by atoms with Crippen molar-refractivity contribution in [2.45, 2.75) is 12.8 Å². The van der Waals surface area contributed by atoms with Crippen LogP contribution in [0.2, 0.25) is 0 Å². The highest BCUT2D eigenvalue weighted by Gasteiger charge is 1.95. The minimum Gasteiger partial charge on any atom is -0.494 e. The molecule has 1 nitrogen and oxygen atoms in total. The monoisotopic (exact) mass is 238 g/mol. The molecule has 0 amide bonds. The van der Waals surface area contributed by atoms with Gasteiger partial charge in [0.25, 0.3) is 0 Å². The molecule has 0 atom stereocenters. The molecule has 0 aromatic heterocycles. The lowest BCUT2D eigenvalue weighted by molar-refractivity contribution is 0.311. The molecule has 0 heterocycles. The van der Waals surface area contributed by atoms with E-state index in [9.17, 15) is 0 Å². The summed E-state index contributed by atoms with van der Waals surface area (Å²) in [6, 6.07) is 18.5. The lowest BCUT2D eigenvalue weighted by Gasteiger charge is -2.06. The predicted octanol–water partition coefficient (Wildman–Crippen LogP) is 4.34. The fourth-order valence-electron chi connectivity index (χ4n) is 1.81. The molecular weight excluding hydrogens is 220 g/mol. The number of aryl methyl sites for hydroxylation is 1. The molecule has 0 N–H and O–H groups in total. The molecule has 0 bridgehead atoms. The largest absolute Gasteiger partial charge is 0.494 e. The number of rotatable bonds is 6. The summed E-state index contributed by atoms with van der Waals surface area (Å²) in [7, 11) is 0. The van der Waals surface area contributed by atoms with Crippen LogP contribution in [-0.2, 0) is 6.42 Å². The Balaban J connectivity index is 1.73. The van der Waals surface area contributed by atoms with E-state index < -0.39 is 0 Å². The van der Waals surface area contributed by atoms with Gasteiger partial charge in [-0.05, 0) is 36.1 Å². The highest BCUT2D eigenvalue weighted by Crippen LogP contribution is 2.13. The van der Waals surface area contributed by atoms with Gasteiger partial charge in [-0.2, -0.15) is 0 Å². The van der Waals surface area contributed by atoms with E-state index in [2.05, 4.69) is 30.8 Å². The van der Waals surface area contributed by atoms with Crippen molar-refractivity contribution in [2.24, 2.45) is 0 Å². The van der Waals surface area contributed by atoms with E-state index in [0.29, 0.717) is 0 Å². The van der Waals surface area contributed by atoms with Gasteiger partial charge in [-0.15, -0.1) is 0 Å². The van der Waals surface area contributed by atoms with Gasteiger partial charge in [-0.25, -0.2) is 0 Å². The van der Waals surface area contributed by atoms with Crippen LogP contribution in [0.1, 0.15) is 17.5 Å². The second-order valence-electron chi connectivity index (χ2n) is 4.21. The fraction of sp³-hybridized carbons (Fsp3) is 0.176. The summed E-state index contributed by atoms with van der Waals surface area (Å²) in [5.41, 5.74) is 2.48. The van der Waals surface area contributed by atoms with Gasteiger partial charge in [0, 0.05) is 0 Å². The number of benzene rings is 2. The molecule has 2 rings (SSSR count). The van der Waals surface area contributed by atoms with Gasteiger partial charge >= 0.3 is 0 Å². The third-order valence-electron chi connectivity index (χ3n) is 2.84. The van der Waals surface area contributed by atoms with Crippen LogP contribution in [0.5, 0.6) is 5.75 Å². The second-order valence-corrected chi connectivity index (χ2v) is 4.21. The first-order valence-electron chi connectivity index (χ1n) is 6.28. The van der Waals surface area contributed by atoms with Crippen molar-refractivity contribution in [2.75, 3.05) is 6.61 Å². The van der Waals surface area contributed by atoms with Crippen molar-refractivity contribution in [1.29, 1.82) is 0 Å². The average molecular weight is 238 g/mol. The van der Waals surface area contributed by atoms with Gasteiger partial charge < -0.3 is 4.74 Å². The van der Waals surface area contributed by atoms with Gasteiger partial charge in [0.2, 0.25) is 0 Å². The zero-order valence-electron chi connectivity index (χ0n) is 10.5. The van der Waals surface area contributed by atoms with Crippen molar-refractivity contribution in [3.8, 4) is 5.75 Å². The SMILES string of the molecule is C=Cc1ccc(OCCCc2ccccc2)cc1. The summed E-state index contributed by atoms with van der Waals surface area (Å²) < 4.78 is 5.69. The highest BCUT2D eigenvalue weighted by atomic mass is 16.5. The maximum atomic E-state index is 5.69. The Morgan fingerprint density at radius 1 is 0.944 bits per heavy atom. The Morgan fingerprint density at radius 3 is 2.33 bits per heavy atom. The smallest absolute Gasteiger partial charge is 0.119 e. The van der Waals surface area contributed by atoms with Gasteiger partial charge in [-0.3, -0.25) is 0 Å². The molecule has 0 unspecified atom stereocenters. The van der Waals surface area contributed by atoms with Crippen LogP contribution in [0, 0.1) is 0 Å². The predicted molar refractivity (Wildman–Crippen MR) is 76.8 cm³/mol. The summed E-state index contributed by atoms with van der Waals surface area (Å²) >= 11 is 0. The van der Waals surface area contributed by atoms with Crippen molar-refractivity contribution in [1.82, 2.24) is 0 Å². The molecule has 0 aliphatic heterocycles. The number of ether oxygens (including phenoxy) is 1. The summed E-state index contributed by atoms with van der Waals surface area (Å²) in [5, 5.41) is 0. The van der Waals surface area contributed by atoms with Gasteiger partial charge in [0.15, 0.2) is 0 Å². The Bertz CT molecular complexity index is 471. The van der Waals surface area contributed by atoms with Gasteiger partial charge in [0.1, 0.15) is 5.75 Å². The van der Waals surface area contributed by atoms with Crippen molar-refractivity contribution < 1.29 is 4.74 Å². The minimum atomic E-state index is 0.752. The van der Waals surface area contributed by atoms with Crippen LogP contribution in [0.3, 0.4) is 0 Å². The molecule has 1 heteroatoms. The molecular formula is C17H18O. The zero-order valence-corrected chi connectivity index (χ0v) is 10.5. The van der Waals surface area contributed by atoms with Gasteiger partial charge in [0.05, 0.1) is 6.61 Å². The van der Waals surface area contributed by atoms with E-state index in [4.69, 9.17) is 4.74 Å². The third kappa shape index (κ3) is 3.77. The van der Waals surface area contributed by atoms with Crippen LogP contribution >= 0.6 is 0 Å². The molecule has 0 saturated heterocycles. The summed E-state index contributed by atoms with van der Waals surface area (Å²) in [6.45, 7) is 4.48. The van der Waals surface area contributed by atoms with Gasteiger partial charge in [-0.1, -0.05) is 55.1 Å². The molecule has 2 aromatic carbocycles. The molecule has 0 fully saturated rings. The van der Waals surface area contributed by atoms with Crippen molar-refractivity contribution in [3.05, 3.63) is 72.3 Å². The Labute approximate surface area is 109 Å². The lowest BCUT2D eigenvalue weighted by atomic mass is 10.1. The molecule has 2 aromatic rings. The molecule has 0 spiro atoms. The van der Waals surface area contributed by atoms with E-state index in [1.54, 1.807) is 0 Å². The summed E-state index contributed by atoms with van der Waals surface area (Å²) in [5.74, 6) is 0.925. The Kier molecular flexibility index (Phi) is 4.60. The molecule has 0 saturated carbocycles. The zero-order chi connectivity index (χ0) is 12.6. The van der Waals surface area contributed by atoms with Crippen molar-refractivity contribution in [3.63, 3.8) is 0 Å². The van der Waals surface area contributed by atoms with Crippen molar-refractivity contribution >= 4 is 6.08 Å². The van der Waals surface area contributed by atoms with Crippen LogP contribution in [0.4, 0.5) is 0 Å². The molecule has 18 heavy (non-hydrogen) atoms. The van der Waals surface area contributed by atoms with Crippen LogP contribution in [-0.4, -0.2) is 6.61 Å². The fourth-order valence-corrected chi connectivity index (χ4v) is 1.81. The molecule has 92 valence electrons. The molecule has 0 aliphatic rings.